The Bertz CT molecular complexity index is 602. The van der Waals surface area contributed by atoms with Gasteiger partial charge in [0, 0.05) is 43.0 Å². The summed E-state index contributed by atoms with van der Waals surface area (Å²) in [5, 5.41) is 3.78. The Kier molecular flexibility index (Phi) is 4.85. The van der Waals surface area contributed by atoms with E-state index in [1.165, 1.54) is 16.2 Å². The molecule has 1 saturated heterocycles. The number of thiazole rings is 1. The number of hydrogen-bond donors (Lipinski definition) is 0. The van der Waals surface area contributed by atoms with Gasteiger partial charge in [-0.1, -0.05) is 6.07 Å². The van der Waals surface area contributed by atoms with Crippen molar-refractivity contribution in [3.05, 3.63) is 39.0 Å². The smallest absolute Gasteiger partial charge is 0.273 e. The second-order valence-electron chi connectivity index (χ2n) is 5.55. The van der Waals surface area contributed by atoms with Gasteiger partial charge in [0.2, 0.25) is 0 Å². The predicted molar refractivity (Wildman–Crippen MR) is 87.1 cm³/mol. The normalized spacial score (nSPS) is 22.1. The Morgan fingerprint density at radius 3 is 3.14 bits per heavy atom. The molecule has 0 aliphatic carbocycles. The Morgan fingerprint density at radius 1 is 1.59 bits per heavy atom. The standard InChI is InChI=1S/C15H18FN3OS2/c1-18(15(20)14-9-21-10-17-14)7-12-5-11(16)6-19(12)8-13-3-2-4-22-13/h2-4,9-12H,5-8H2,1H3/t11-,12-/m0/s1. The van der Waals surface area contributed by atoms with Gasteiger partial charge in [-0.05, 0) is 17.9 Å². The van der Waals surface area contributed by atoms with Crippen molar-refractivity contribution in [2.45, 2.75) is 25.2 Å². The van der Waals surface area contributed by atoms with E-state index in [1.807, 2.05) is 11.4 Å². The summed E-state index contributed by atoms with van der Waals surface area (Å²) in [6.07, 6.45) is -0.326. The number of thiophene rings is 1. The summed E-state index contributed by atoms with van der Waals surface area (Å²) in [4.78, 5) is 21.3. The summed E-state index contributed by atoms with van der Waals surface area (Å²) in [6, 6.07) is 4.14. The molecule has 0 saturated carbocycles. The Balaban J connectivity index is 1.63. The molecular formula is C15H18FN3OS2. The van der Waals surface area contributed by atoms with E-state index < -0.39 is 6.17 Å². The molecule has 0 unspecified atom stereocenters. The van der Waals surface area contributed by atoms with Gasteiger partial charge in [-0.2, -0.15) is 0 Å². The minimum absolute atomic E-state index is 0.0599. The van der Waals surface area contributed by atoms with Gasteiger partial charge in [-0.3, -0.25) is 9.69 Å². The average molecular weight is 339 g/mol. The van der Waals surface area contributed by atoms with E-state index in [9.17, 15) is 9.18 Å². The lowest BCUT2D eigenvalue weighted by Crippen LogP contribution is -2.40. The molecule has 0 bridgehead atoms. The summed E-state index contributed by atoms with van der Waals surface area (Å²) in [7, 11) is 1.76. The molecule has 0 N–H and O–H groups in total. The van der Waals surface area contributed by atoms with Crippen LogP contribution in [0, 0.1) is 0 Å². The topological polar surface area (TPSA) is 36.4 Å². The third-order valence-electron chi connectivity index (χ3n) is 3.90. The first-order valence-corrected chi connectivity index (χ1v) is 9.00. The number of halogens is 1. The molecule has 2 aromatic rings. The third-order valence-corrected chi connectivity index (χ3v) is 5.35. The van der Waals surface area contributed by atoms with Crippen LogP contribution in [0.2, 0.25) is 0 Å². The van der Waals surface area contributed by atoms with E-state index >= 15 is 0 Å². The Hall–Kier alpha value is -1.31. The fraction of sp³-hybridized carbons (Fsp3) is 0.467. The van der Waals surface area contributed by atoms with Crippen molar-refractivity contribution in [3.8, 4) is 0 Å². The highest BCUT2D eigenvalue weighted by atomic mass is 32.1. The van der Waals surface area contributed by atoms with Crippen molar-refractivity contribution in [3.63, 3.8) is 0 Å². The fourth-order valence-corrected chi connectivity index (χ4v) is 4.08. The first-order chi connectivity index (χ1) is 10.6. The molecule has 1 amide bonds. The molecule has 3 rings (SSSR count). The van der Waals surface area contributed by atoms with Crippen LogP contribution in [0.25, 0.3) is 0 Å². The van der Waals surface area contributed by atoms with Crippen molar-refractivity contribution >= 4 is 28.6 Å². The zero-order valence-corrected chi connectivity index (χ0v) is 13.9. The molecule has 4 nitrogen and oxygen atoms in total. The molecule has 3 heterocycles. The van der Waals surface area contributed by atoms with Crippen LogP contribution in [0.4, 0.5) is 4.39 Å². The maximum Gasteiger partial charge on any atom is 0.273 e. The van der Waals surface area contributed by atoms with Crippen LogP contribution in [-0.2, 0) is 6.54 Å². The van der Waals surface area contributed by atoms with Crippen molar-refractivity contribution in [2.24, 2.45) is 0 Å². The van der Waals surface area contributed by atoms with Crippen LogP contribution in [0.5, 0.6) is 0 Å². The van der Waals surface area contributed by atoms with Crippen LogP contribution in [-0.4, -0.2) is 53.0 Å². The van der Waals surface area contributed by atoms with E-state index in [2.05, 4.69) is 16.0 Å². The van der Waals surface area contributed by atoms with E-state index in [0.29, 0.717) is 25.2 Å². The first-order valence-electron chi connectivity index (χ1n) is 7.17. The lowest BCUT2D eigenvalue weighted by atomic mass is 10.2. The minimum Gasteiger partial charge on any atom is -0.339 e. The van der Waals surface area contributed by atoms with E-state index in [0.717, 1.165) is 6.54 Å². The molecule has 0 radical (unpaired) electrons. The van der Waals surface area contributed by atoms with Gasteiger partial charge in [0.05, 0.1) is 5.51 Å². The lowest BCUT2D eigenvalue weighted by molar-refractivity contribution is 0.0745. The maximum atomic E-state index is 13.8. The first kappa shape index (κ1) is 15.6. The van der Waals surface area contributed by atoms with Gasteiger partial charge >= 0.3 is 0 Å². The van der Waals surface area contributed by atoms with E-state index in [4.69, 9.17) is 0 Å². The van der Waals surface area contributed by atoms with Crippen molar-refractivity contribution in [2.75, 3.05) is 20.1 Å². The van der Waals surface area contributed by atoms with Gasteiger partial charge in [0.25, 0.3) is 5.91 Å². The van der Waals surface area contributed by atoms with Gasteiger partial charge in [0.1, 0.15) is 11.9 Å². The number of nitrogens with zero attached hydrogens (tertiary/aromatic N) is 3. The number of rotatable bonds is 5. The van der Waals surface area contributed by atoms with Crippen LogP contribution in [0.3, 0.4) is 0 Å². The molecule has 1 aliphatic rings. The summed E-state index contributed by atoms with van der Waals surface area (Å²) < 4.78 is 13.8. The zero-order valence-electron chi connectivity index (χ0n) is 12.3. The minimum atomic E-state index is -0.812. The van der Waals surface area contributed by atoms with Crippen molar-refractivity contribution in [1.29, 1.82) is 0 Å². The summed E-state index contributed by atoms with van der Waals surface area (Å²) >= 11 is 3.09. The molecule has 2 aromatic heterocycles. The Labute approximate surface area is 137 Å². The summed E-state index contributed by atoms with van der Waals surface area (Å²) in [6.45, 7) is 1.73. The maximum absolute atomic E-state index is 13.8. The van der Waals surface area contributed by atoms with Gasteiger partial charge in [0.15, 0.2) is 0 Å². The van der Waals surface area contributed by atoms with Gasteiger partial charge in [-0.25, -0.2) is 9.37 Å². The monoisotopic (exact) mass is 339 g/mol. The number of likely N-dealkylation sites (N-methyl/N-ethyl adjacent to an activating group) is 1. The molecule has 118 valence electrons. The molecule has 1 fully saturated rings. The van der Waals surface area contributed by atoms with Gasteiger partial charge in [-0.15, -0.1) is 22.7 Å². The molecule has 2 atom stereocenters. The average Bonchev–Trinajstić information content (AvgIpc) is 3.22. The SMILES string of the molecule is CN(C[C@@H]1C[C@H](F)CN1Cc1cccs1)C(=O)c1cscn1. The number of alkyl halides is 1. The molecule has 1 aliphatic heterocycles. The number of amides is 1. The lowest BCUT2D eigenvalue weighted by Gasteiger charge is -2.27. The van der Waals surface area contributed by atoms with Crippen LogP contribution in [0.1, 0.15) is 21.8 Å². The number of aromatic nitrogens is 1. The highest BCUT2D eigenvalue weighted by Gasteiger charge is 2.33. The molecule has 22 heavy (non-hydrogen) atoms. The molecule has 0 spiro atoms. The Morgan fingerprint density at radius 2 is 2.45 bits per heavy atom. The van der Waals surface area contributed by atoms with Crippen LogP contribution < -0.4 is 0 Å². The fourth-order valence-electron chi connectivity index (χ4n) is 2.82. The number of hydrogen-bond acceptors (Lipinski definition) is 5. The second-order valence-corrected chi connectivity index (χ2v) is 7.31. The zero-order chi connectivity index (χ0) is 15.5. The number of likely N-dealkylation sites (tertiary alicyclic amines) is 1. The quantitative estimate of drug-likeness (QED) is 0.840. The van der Waals surface area contributed by atoms with Crippen molar-refractivity contribution < 1.29 is 9.18 Å². The second kappa shape index (κ2) is 6.85. The third kappa shape index (κ3) is 3.53. The number of carbonyl (C=O) groups excluding carboxylic acids is 1. The molecule has 0 aromatic carbocycles. The molecule has 7 heteroatoms. The predicted octanol–water partition coefficient (Wildman–Crippen LogP) is 2.89. The van der Waals surface area contributed by atoms with Crippen molar-refractivity contribution in [1.82, 2.24) is 14.8 Å². The largest absolute Gasteiger partial charge is 0.339 e. The van der Waals surface area contributed by atoms with Crippen LogP contribution >= 0.6 is 22.7 Å². The molecular weight excluding hydrogens is 321 g/mol. The highest BCUT2D eigenvalue weighted by molar-refractivity contribution is 7.09. The van der Waals surface area contributed by atoms with Gasteiger partial charge < -0.3 is 4.90 Å². The number of carbonyl (C=O) groups is 1. The highest BCUT2D eigenvalue weighted by Crippen LogP contribution is 2.25. The van der Waals surface area contributed by atoms with E-state index in [-0.39, 0.29) is 11.9 Å². The summed E-state index contributed by atoms with van der Waals surface area (Å²) in [5.74, 6) is -0.0976. The van der Waals surface area contributed by atoms with E-state index in [1.54, 1.807) is 34.2 Å². The van der Waals surface area contributed by atoms with Crippen LogP contribution in [0.15, 0.2) is 28.4 Å². The summed E-state index contributed by atoms with van der Waals surface area (Å²) in [5.41, 5.74) is 2.12.